The molecule has 0 radical (unpaired) electrons. The van der Waals surface area contributed by atoms with Gasteiger partial charge in [-0.25, -0.2) is 0 Å². The molecule has 2 bridgehead atoms. The van der Waals surface area contributed by atoms with Gasteiger partial charge in [0.05, 0.1) is 23.9 Å². The maximum absolute atomic E-state index is 12.0. The van der Waals surface area contributed by atoms with Crippen molar-refractivity contribution in [2.45, 2.75) is 51.6 Å². The predicted molar refractivity (Wildman–Crippen MR) is 80.0 cm³/mol. The van der Waals surface area contributed by atoms with Gasteiger partial charge in [0.1, 0.15) is 0 Å². The number of aryl methyl sites for hydroxylation is 1. The van der Waals surface area contributed by atoms with E-state index in [1.54, 1.807) is 0 Å². The number of amides is 1. The molecule has 120 valence electrons. The molecule has 2 aliphatic rings. The third-order valence-electron chi connectivity index (χ3n) is 5.21. The third kappa shape index (κ3) is 3.13. The van der Waals surface area contributed by atoms with Crippen molar-refractivity contribution in [1.82, 2.24) is 15.1 Å². The van der Waals surface area contributed by atoms with Gasteiger partial charge in [-0.2, -0.15) is 4.68 Å². The average Bonchev–Trinajstić information content (AvgIpc) is 3.20. The molecule has 0 saturated heterocycles. The van der Waals surface area contributed by atoms with E-state index in [-0.39, 0.29) is 17.8 Å². The van der Waals surface area contributed by atoms with Crippen LogP contribution in [-0.4, -0.2) is 26.7 Å². The van der Waals surface area contributed by atoms with E-state index in [9.17, 15) is 14.9 Å². The van der Waals surface area contributed by atoms with Crippen LogP contribution in [-0.2, 0) is 11.3 Å². The first-order valence-corrected chi connectivity index (χ1v) is 8.00. The topological polar surface area (TPSA) is 90.1 Å². The van der Waals surface area contributed by atoms with Crippen LogP contribution in [0, 0.1) is 27.9 Å². The van der Waals surface area contributed by atoms with Gasteiger partial charge in [-0.1, -0.05) is 6.42 Å². The molecule has 7 heteroatoms. The number of carbonyl (C=O) groups excluding carboxylic acids is 1. The van der Waals surface area contributed by atoms with Crippen molar-refractivity contribution in [1.29, 1.82) is 0 Å². The summed E-state index contributed by atoms with van der Waals surface area (Å²) in [6.45, 7) is 2.46. The molecule has 0 aromatic carbocycles. The van der Waals surface area contributed by atoms with Crippen molar-refractivity contribution >= 4 is 11.7 Å². The molecule has 2 saturated carbocycles. The molecule has 1 heterocycles. The lowest BCUT2D eigenvalue weighted by Crippen LogP contribution is -2.40. The molecule has 0 aliphatic heterocycles. The van der Waals surface area contributed by atoms with Gasteiger partial charge in [0.15, 0.2) is 0 Å². The minimum Gasteiger partial charge on any atom is -0.358 e. The first kappa shape index (κ1) is 15.0. The molecular weight excluding hydrogens is 284 g/mol. The van der Waals surface area contributed by atoms with E-state index in [4.69, 9.17) is 0 Å². The number of nitrogens with one attached hydrogen (secondary N) is 1. The Morgan fingerprint density at radius 2 is 2.36 bits per heavy atom. The highest BCUT2D eigenvalue weighted by Crippen LogP contribution is 2.49. The van der Waals surface area contributed by atoms with E-state index in [1.165, 1.54) is 42.6 Å². The second-order valence-electron chi connectivity index (χ2n) is 6.64. The molecule has 2 aliphatic carbocycles. The smallest absolute Gasteiger partial charge is 0.358 e. The summed E-state index contributed by atoms with van der Waals surface area (Å²) in [5.74, 6) is 2.09. The number of nitro groups is 1. The minimum atomic E-state index is -0.534. The Bertz CT molecular complexity index is 571. The highest BCUT2D eigenvalue weighted by atomic mass is 16.6. The highest BCUT2D eigenvalue weighted by molar-refractivity contribution is 5.76. The third-order valence-corrected chi connectivity index (χ3v) is 5.21. The summed E-state index contributed by atoms with van der Waals surface area (Å²) < 4.78 is 1.44. The molecule has 0 unspecified atom stereocenters. The Labute approximate surface area is 129 Å². The molecule has 1 aromatic rings. The normalized spacial score (nSPS) is 27.8. The van der Waals surface area contributed by atoms with Gasteiger partial charge in [0.25, 0.3) is 0 Å². The summed E-state index contributed by atoms with van der Waals surface area (Å²) in [5.41, 5.74) is 0. The number of nitrogens with zero attached hydrogens (tertiary/aromatic N) is 3. The zero-order chi connectivity index (χ0) is 15.7. The molecule has 1 N–H and O–H groups in total. The zero-order valence-corrected chi connectivity index (χ0v) is 12.8. The van der Waals surface area contributed by atoms with Crippen LogP contribution >= 0.6 is 0 Å². The lowest BCUT2D eigenvalue weighted by atomic mass is 9.84. The van der Waals surface area contributed by atoms with Crippen LogP contribution in [0.3, 0.4) is 0 Å². The van der Waals surface area contributed by atoms with Crippen LogP contribution < -0.4 is 5.32 Å². The molecule has 4 atom stereocenters. The van der Waals surface area contributed by atoms with Crippen molar-refractivity contribution in [3.8, 4) is 0 Å². The fourth-order valence-corrected chi connectivity index (χ4v) is 4.13. The first-order valence-electron chi connectivity index (χ1n) is 8.00. The average molecular weight is 306 g/mol. The van der Waals surface area contributed by atoms with Gasteiger partial charge in [-0.15, -0.1) is 0 Å². The van der Waals surface area contributed by atoms with Crippen LogP contribution in [0.4, 0.5) is 5.82 Å². The summed E-state index contributed by atoms with van der Waals surface area (Å²) in [5, 5.41) is 17.5. The second kappa shape index (κ2) is 6.06. The van der Waals surface area contributed by atoms with Crippen molar-refractivity contribution in [2.75, 3.05) is 0 Å². The van der Waals surface area contributed by atoms with Crippen LogP contribution in [0.15, 0.2) is 12.3 Å². The molecule has 2 fully saturated rings. The second-order valence-corrected chi connectivity index (χ2v) is 6.64. The summed E-state index contributed by atoms with van der Waals surface area (Å²) in [7, 11) is 0. The minimum absolute atomic E-state index is 0.00609. The van der Waals surface area contributed by atoms with E-state index in [2.05, 4.69) is 17.3 Å². The number of hydrogen-bond donors (Lipinski definition) is 1. The lowest BCUT2D eigenvalue weighted by Gasteiger charge is -2.28. The van der Waals surface area contributed by atoms with Crippen molar-refractivity contribution in [3.63, 3.8) is 0 Å². The summed E-state index contributed by atoms with van der Waals surface area (Å²) in [4.78, 5) is 22.1. The predicted octanol–water partition coefficient (Wildman–Crippen LogP) is 2.12. The summed E-state index contributed by atoms with van der Waals surface area (Å²) in [6, 6.07) is 1.56. The largest absolute Gasteiger partial charge is 0.389 e. The number of rotatable bonds is 6. The first-order chi connectivity index (χ1) is 10.5. The van der Waals surface area contributed by atoms with Gasteiger partial charge in [-0.05, 0) is 48.9 Å². The van der Waals surface area contributed by atoms with Gasteiger partial charge < -0.3 is 15.4 Å². The van der Waals surface area contributed by atoms with Gasteiger partial charge in [0, 0.05) is 12.5 Å². The summed E-state index contributed by atoms with van der Waals surface area (Å²) >= 11 is 0. The van der Waals surface area contributed by atoms with Gasteiger partial charge >= 0.3 is 5.82 Å². The van der Waals surface area contributed by atoms with E-state index in [1.807, 2.05) is 0 Å². The van der Waals surface area contributed by atoms with E-state index < -0.39 is 4.92 Å². The number of carbonyl (C=O) groups is 1. The molecule has 0 spiro atoms. The Morgan fingerprint density at radius 1 is 1.55 bits per heavy atom. The number of aromatic nitrogens is 2. The summed E-state index contributed by atoms with van der Waals surface area (Å²) in [6.07, 6.45) is 7.08. The number of fused-ring (bicyclic) bond motifs is 2. The van der Waals surface area contributed by atoms with E-state index >= 15 is 0 Å². The molecule has 22 heavy (non-hydrogen) atoms. The quantitative estimate of drug-likeness (QED) is 0.644. The van der Waals surface area contributed by atoms with Crippen LogP contribution in [0.5, 0.6) is 0 Å². The molecular formula is C15H22N4O3. The standard InChI is InChI=1S/C15H22N4O3/c1-10(13-9-11-2-3-12(13)8-11)16-15(20)5-7-18-6-4-14(17-18)19(21)22/h4,6,10-13H,2-3,5,7-9H2,1H3,(H,16,20)/t10-,11+,12+,13+/m0/s1. The van der Waals surface area contributed by atoms with Crippen molar-refractivity contribution in [3.05, 3.63) is 22.4 Å². The van der Waals surface area contributed by atoms with Crippen LogP contribution in [0.1, 0.15) is 39.0 Å². The Kier molecular flexibility index (Phi) is 4.13. The maximum Gasteiger partial charge on any atom is 0.389 e. The Balaban J connectivity index is 1.45. The van der Waals surface area contributed by atoms with Gasteiger partial charge in [0.2, 0.25) is 5.91 Å². The van der Waals surface area contributed by atoms with E-state index in [0.717, 1.165) is 11.8 Å². The van der Waals surface area contributed by atoms with Crippen LogP contribution in [0.25, 0.3) is 0 Å². The van der Waals surface area contributed by atoms with Crippen LogP contribution in [0.2, 0.25) is 0 Å². The fourth-order valence-electron chi connectivity index (χ4n) is 4.13. The molecule has 3 rings (SSSR count). The monoisotopic (exact) mass is 306 g/mol. The van der Waals surface area contributed by atoms with E-state index in [0.29, 0.717) is 18.9 Å². The lowest BCUT2D eigenvalue weighted by molar-refractivity contribution is -0.389. The Morgan fingerprint density at radius 3 is 2.95 bits per heavy atom. The maximum atomic E-state index is 12.0. The molecule has 7 nitrogen and oxygen atoms in total. The molecule has 1 aromatic heterocycles. The molecule has 1 amide bonds. The van der Waals surface area contributed by atoms with Crippen molar-refractivity contribution in [2.24, 2.45) is 17.8 Å². The number of hydrogen-bond acceptors (Lipinski definition) is 4. The van der Waals surface area contributed by atoms with Crippen molar-refractivity contribution < 1.29 is 9.72 Å². The fraction of sp³-hybridized carbons (Fsp3) is 0.733. The SMILES string of the molecule is C[C@H](NC(=O)CCn1ccc([N+](=O)[O-])n1)[C@H]1C[C@@H]2CC[C@@H]1C2. The van der Waals surface area contributed by atoms with Gasteiger partial charge in [-0.3, -0.25) is 4.79 Å². The zero-order valence-electron chi connectivity index (χ0n) is 12.8. The Hall–Kier alpha value is -1.92. The highest BCUT2D eigenvalue weighted by Gasteiger charge is 2.42.